The average molecular weight is 625 g/mol. The van der Waals surface area contributed by atoms with Crippen molar-refractivity contribution < 1.29 is 4.79 Å². The Morgan fingerprint density at radius 3 is 1.27 bits per heavy atom. The number of benzene rings is 4. The van der Waals surface area contributed by atoms with Crippen LogP contribution in [0.15, 0.2) is 97.1 Å². The molecule has 3 nitrogen and oxygen atoms in total. The van der Waals surface area contributed by atoms with Crippen LogP contribution in [-0.4, -0.2) is 43.8 Å². The third kappa shape index (κ3) is 11.0. The lowest BCUT2D eigenvalue weighted by Crippen LogP contribution is -2.10. The SMILES string of the molecule is CC(CCCC(=O)CCCC(C)c1ccccc1-c1ccc(CN(C)C)cc1)c1ccccc1-c1ccc(CN(C)C)cc1.Cl. The Bertz CT molecular complexity index is 1350. The molecule has 4 heteroatoms. The van der Waals surface area contributed by atoms with Gasteiger partial charge in [-0.1, -0.05) is 111 Å². The van der Waals surface area contributed by atoms with Gasteiger partial charge in [-0.25, -0.2) is 0 Å². The van der Waals surface area contributed by atoms with Crippen molar-refractivity contribution in [2.75, 3.05) is 28.2 Å². The molecule has 0 aromatic heterocycles. The number of hydrogen-bond acceptors (Lipinski definition) is 3. The zero-order valence-electron chi connectivity index (χ0n) is 28.3. The third-order valence-electron chi connectivity index (χ3n) is 8.70. The topological polar surface area (TPSA) is 23.6 Å². The van der Waals surface area contributed by atoms with Gasteiger partial charge in [-0.05, 0) is 110 Å². The summed E-state index contributed by atoms with van der Waals surface area (Å²) in [5.41, 5.74) is 10.5. The number of carbonyl (C=O) groups excluding carboxylic acids is 1. The van der Waals surface area contributed by atoms with Gasteiger partial charge in [0.05, 0.1) is 0 Å². The molecule has 240 valence electrons. The Morgan fingerprint density at radius 2 is 0.911 bits per heavy atom. The van der Waals surface area contributed by atoms with Gasteiger partial charge < -0.3 is 9.80 Å². The van der Waals surface area contributed by atoms with Gasteiger partial charge in [0.2, 0.25) is 0 Å². The fourth-order valence-corrected chi connectivity index (χ4v) is 6.34. The van der Waals surface area contributed by atoms with Crippen LogP contribution in [0.25, 0.3) is 22.3 Å². The standard InChI is InChI=1S/C41H52N2O.ClH/c1-31(38-17-7-9-19-40(38)35-25-21-33(22-26-35)29-42(3)4)13-11-15-37(44)16-12-14-32(2)39-18-8-10-20-41(39)36-27-23-34(24-28-36)30-43(5)6;/h7-10,17-28,31-32H,11-16,29-30H2,1-6H3;1H. The van der Waals surface area contributed by atoms with Crippen molar-refractivity contribution in [1.82, 2.24) is 9.80 Å². The second-order valence-corrected chi connectivity index (χ2v) is 13.2. The van der Waals surface area contributed by atoms with E-state index in [0.717, 1.165) is 38.8 Å². The molecular weight excluding hydrogens is 572 g/mol. The Hall–Kier alpha value is -3.24. The first-order valence-corrected chi connectivity index (χ1v) is 16.4. The van der Waals surface area contributed by atoms with E-state index in [-0.39, 0.29) is 12.4 Å². The first kappa shape index (κ1) is 36.2. The maximum atomic E-state index is 12.9. The van der Waals surface area contributed by atoms with Gasteiger partial charge in [-0.2, -0.15) is 0 Å². The molecule has 0 aliphatic rings. The maximum absolute atomic E-state index is 12.9. The number of nitrogens with zero attached hydrogens (tertiary/aromatic N) is 2. The summed E-state index contributed by atoms with van der Waals surface area (Å²) in [6.07, 6.45) is 5.29. The molecule has 0 saturated heterocycles. The van der Waals surface area contributed by atoms with Crippen LogP contribution in [0.4, 0.5) is 0 Å². The Kier molecular flexibility index (Phi) is 14.5. The second-order valence-electron chi connectivity index (χ2n) is 13.2. The van der Waals surface area contributed by atoms with E-state index in [0.29, 0.717) is 30.5 Å². The van der Waals surface area contributed by atoms with E-state index in [2.05, 4.69) is 149 Å². The number of ketones is 1. The van der Waals surface area contributed by atoms with Crippen LogP contribution in [-0.2, 0) is 17.9 Å². The molecule has 0 heterocycles. The highest BCUT2D eigenvalue weighted by atomic mass is 35.5. The number of rotatable bonds is 16. The summed E-state index contributed by atoms with van der Waals surface area (Å²) >= 11 is 0. The van der Waals surface area contributed by atoms with Gasteiger partial charge >= 0.3 is 0 Å². The quantitative estimate of drug-likeness (QED) is 0.124. The predicted octanol–water partition coefficient (Wildman–Crippen LogP) is 10.4. The van der Waals surface area contributed by atoms with E-state index in [1.807, 2.05) is 0 Å². The number of hydrogen-bond donors (Lipinski definition) is 0. The van der Waals surface area contributed by atoms with E-state index in [4.69, 9.17) is 0 Å². The van der Waals surface area contributed by atoms with Crippen molar-refractivity contribution in [3.8, 4) is 22.3 Å². The molecule has 45 heavy (non-hydrogen) atoms. The Labute approximate surface area is 279 Å². The number of Topliss-reactive ketones (excluding diaryl/α,β-unsaturated/α-hetero) is 1. The summed E-state index contributed by atoms with van der Waals surface area (Å²) in [4.78, 5) is 17.3. The molecule has 0 bridgehead atoms. The van der Waals surface area contributed by atoms with Crippen LogP contribution in [0, 0.1) is 0 Å². The van der Waals surface area contributed by atoms with E-state index < -0.39 is 0 Å². The van der Waals surface area contributed by atoms with Crippen molar-refractivity contribution >= 4 is 18.2 Å². The highest BCUT2D eigenvalue weighted by molar-refractivity contribution is 5.85. The molecule has 4 rings (SSSR count). The molecule has 4 aromatic carbocycles. The average Bonchev–Trinajstić information content (AvgIpc) is 3.01. The minimum Gasteiger partial charge on any atom is -0.305 e. The summed E-state index contributed by atoms with van der Waals surface area (Å²) in [5.74, 6) is 1.22. The number of halogens is 1. The van der Waals surface area contributed by atoms with Crippen LogP contribution in [0.2, 0.25) is 0 Å². The summed E-state index contributed by atoms with van der Waals surface area (Å²) < 4.78 is 0. The normalized spacial score (nSPS) is 12.6. The van der Waals surface area contributed by atoms with Gasteiger partial charge in [0.1, 0.15) is 5.78 Å². The molecule has 0 N–H and O–H groups in total. The van der Waals surface area contributed by atoms with Crippen molar-refractivity contribution in [3.05, 3.63) is 119 Å². The first-order chi connectivity index (χ1) is 21.2. The molecule has 2 unspecified atom stereocenters. The zero-order chi connectivity index (χ0) is 31.5. The van der Waals surface area contributed by atoms with Gasteiger partial charge in [0, 0.05) is 25.9 Å². The van der Waals surface area contributed by atoms with Crippen molar-refractivity contribution in [2.24, 2.45) is 0 Å². The van der Waals surface area contributed by atoms with Crippen molar-refractivity contribution in [1.29, 1.82) is 0 Å². The summed E-state index contributed by atoms with van der Waals surface area (Å²) in [7, 11) is 8.40. The van der Waals surface area contributed by atoms with Gasteiger partial charge in [-0.3, -0.25) is 4.79 Å². The molecule has 4 aromatic rings. The maximum Gasteiger partial charge on any atom is 0.132 e. The molecule has 0 spiro atoms. The second kappa shape index (κ2) is 18.0. The lowest BCUT2D eigenvalue weighted by molar-refractivity contribution is -0.119. The summed E-state index contributed by atoms with van der Waals surface area (Å²) in [6, 6.07) is 35.4. The Balaban J connectivity index is 0.00000552. The van der Waals surface area contributed by atoms with Crippen molar-refractivity contribution in [3.63, 3.8) is 0 Å². The Morgan fingerprint density at radius 1 is 0.556 bits per heavy atom. The molecule has 0 amide bonds. The minimum absolute atomic E-state index is 0. The lowest BCUT2D eigenvalue weighted by Gasteiger charge is -2.18. The molecule has 0 saturated carbocycles. The first-order valence-electron chi connectivity index (χ1n) is 16.4. The minimum atomic E-state index is 0. The van der Waals surface area contributed by atoms with Crippen molar-refractivity contribution in [2.45, 2.75) is 77.3 Å². The van der Waals surface area contributed by atoms with Gasteiger partial charge in [0.25, 0.3) is 0 Å². The monoisotopic (exact) mass is 624 g/mol. The van der Waals surface area contributed by atoms with E-state index in [1.54, 1.807) is 0 Å². The van der Waals surface area contributed by atoms with Crippen LogP contribution in [0.1, 0.15) is 86.5 Å². The lowest BCUT2D eigenvalue weighted by atomic mass is 9.87. The van der Waals surface area contributed by atoms with Gasteiger partial charge in [0.15, 0.2) is 0 Å². The molecule has 0 aliphatic carbocycles. The zero-order valence-corrected chi connectivity index (χ0v) is 29.1. The van der Waals surface area contributed by atoms with E-state index in [9.17, 15) is 4.79 Å². The molecule has 0 fully saturated rings. The molecule has 0 aliphatic heterocycles. The van der Waals surface area contributed by atoms with Crippen LogP contribution >= 0.6 is 12.4 Å². The van der Waals surface area contributed by atoms with E-state index >= 15 is 0 Å². The molecule has 0 radical (unpaired) electrons. The smallest absolute Gasteiger partial charge is 0.132 e. The van der Waals surface area contributed by atoms with Gasteiger partial charge in [-0.15, -0.1) is 12.4 Å². The van der Waals surface area contributed by atoms with E-state index in [1.165, 1.54) is 44.5 Å². The predicted molar refractivity (Wildman–Crippen MR) is 195 cm³/mol. The van der Waals surface area contributed by atoms with Crippen LogP contribution in [0.3, 0.4) is 0 Å². The fourth-order valence-electron chi connectivity index (χ4n) is 6.34. The molecular formula is C41H53ClN2O. The van der Waals surface area contributed by atoms with Crippen LogP contribution < -0.4 is 0 Å². The highest BCUT2D eigenvalue weighted by Gasteiger charge is 2.15. The summed E-state index contributed by atoms with van der Waals surface area (Å²) in [5, 5.41) is 0. The third-order valence-corrected chi connectivity index (χ3v) is 8.70. The largest absolute Gasteiger partial charge is 0.305 e. The van der Waals surface area contributed by atoms with Crippen LogP contribution in [0.5, 0.6) is 0 Å². The summed E-state index contributed by atoms with van der Waals surface area (Å²) in [6.45, 7) is 6.51. The fraction of sp³-hybridized carbons (Fsp3) is 0.390. The molecule has 2 atom stereocenters. The highest BCUT2D eigenvalue weighted by Crippen LogP contribution is 2.34. The number of carbonyl (C=O) groups is 1.